The summed E-state index contributed by atoms with van der Waals surface area (Å²) in [5.74, 6) is 0.947. The van der Waals surface area contributed by atoms with Gasteiger partial charge in [0.25, 0.3) is 0 Å². The molecule has 0 N–H and O–H groups in total. The van der Waals surface area contributed by atoms with Crippen LogP contribution in [0.2, 0.25) is 0 Å². The van der Waals surface area contributed by atoms with Crippen LogP contribution in [0.25, 0.3) is 71.6 Å². The lowest BCUT2D eigenvalue weighted by atomic mass is 9.80. The minimum atomic E-state index is -0.181. The Labute approximate surface area is 244 Å². The van der Waals surface area contributed by atoms with Crippen LogP contribution in [0.5, 0.6) is 0 Å². The van der Waals surface area contributed by atoms with Gasteiger partial charge in [-0.2, -0.15) is 0 Å². The van der Waals surface area contributed by atoms with Crippen molar-refractivity contribution >= 4 is 43.5 Å². The summed E-state index contributed by atoms with van der Waals surface area (Å²) in [4.78, 5) is 5.37. The highest BCUT2D eigenvalue weighted by molar-refractivity contribution is 6.27. The summed E-state index contributed by atoms with van der Waals surface area (Å²) in [6.07, 6.45) is 0. The standard InChI is InChI=1S/C40H28N2/c1-40(2)32-21-11-8-19-29(32)36-27-17-6-7-18-28(27)37-30-20-10-13-23-34(30)42(39(37)38(36)40)35-24-31(25-14-4-3-5-15-25)26-16-9-12-22-33(26)41-35/h3-24H,1-2H3. The topological polar surface area (TPSA) is 17.8 Å². The van der Waals surface area contributed by atoms with Gasteiger partial charge >= 0.3 is 0 Å². The van der Waals surface area contributed by atoms with Gasteiger partial charge in [-0.1, -0.05) is 129 Å². The molecule has 0 aliphatic heterocycles. The number of fused-ring (bicyclic) bond motifs is 11. The molecule has 0 atom stereocenters. The van der Waals surface area contributed by atoms with Gasteiger partial charge in [-0.25, -0.2) is 4.98 Å². The van der Waals surface area contributed by atoms with E-state index in [9.17, 15) is 0 Å². The van der Waals surface area contributed by atoms with Crippen molar-refractivity contribution in [2.45, 2.75) is 19.3 Å². The summed E-state index contributed by atoms with van der Waals surface area (Å²) < 4.78 is 2.45. The second-order valence-corrected chi connectivity index (χ2v) is 12.0. The lowest BCUT2D eigenvalue weighted by molar-refractivity contribution is 0.664. The van der Waals surface area contributed by atoms with Crippen molar-refractivity contribution in [1.29, 1.82) is 0 Å². The number of pyridine rings is 1. The fraction of sp³-hybridized carbons (Fsp3) is 0.0750. The monoisotopic (exact) mass is 536 g/mol. The van der Waals surface area contributed by atoms with Crippen molar-refractivity contribution in [3.8, 4) is 28.1 Å². The van der Waals surface area contributed by atoms with E-state index in [0.29, 0.717) is 0 Å². The van der Waals surface area contributed by atoms with Gasteiger partial charge < -0.3 is 0 Å². The van der Waals surface area contributed by atoms with E-state index in [1.807, 2.05) is 0 Å². The first kappa shape index (κ1) is 23.5. The first-order valence-corrected chi connectivity index (χ1v) is 14.7. The predicted octanol–water partition coefficient (Wildman–Crippen LogP) is 10.5. The third-order valence-corrected chi connectivity index (χ3v) is 9.34. The lowest BCUT2D eigenvalue weighted by Crippen LogP contribution is -2.17. The molecule has 0 bridgehead atoms. The number of para-hydroxylation sites is 2. The van der Waals surface area contributed by atoms with Crippen molar-refractivity contribution in [2.75, 3.05) is 0 Å². The Balaban J connectivity index is 1.53. The molecule has 0 radical (unpaired) electrons. The maximum Gasteiger partial charge on any atom is 0.138 e. The zero-order chi connectivity index (χ0) is 28.0. The van der Waals surface area contributed by atoms with Crippen LogP contribution in [0, 0.1) is 0 Å². The van der Waals surface area contributed by atoms with Crippen molar-refractivity contribution in [3.05, 3.63) is 145 Å². The van der Waals surface area contributed by atoms with Gasteiger partial charge in [-0.15, -0.1) is 0 Å². The Morgan fingerprint density at radius 1 is 0.571 bits per heavy atom. The van der Waals surface area contributed by atoms with Crippen LogP contribution < -0.4 is 0 Å². The molecule has 2 nitrogen and oxygen atoms in total. The molecule has 9 rings (SSSR count). The van der Waals surface area contributed by atoms with Gasteiger partial charge in [-0.05, 0) is 62.4 Å². The van der Waals surface area contributed by atoms with Crippen molar-refractivity contribution in [1.82, 2.24) is 9.55 Å². The van der Waals surface area contributed by atoms with Crippen LogP contribution in [-0.4, -0.2) is 9.55 Å². The molecule has 8 aromatic rings. The van der Waals surface area contributed by atoms with E-state index in [1.165, 1.54) is 66.0 Å². The Bertz CT molecular complexity index is 2370. The van der Waals surface area contributed by atoms with Crippen molar-refractivity contribution < 1.29 is 0 Å². The molecular formula is C40H28N2. The van der Waals surface area contributed by atoms with Crippen LogP contribution in [0.4, 0.5) is 0 Å². The normalized spacial score (nSPS) is 13.7. The molecule has 42 heavy (non-hydrogen) atoms. The Kier molecular flexibility index (Phi) is 4.70. The molecule has 2 aromatic heterocycles. The number of aromatic nitrogens is 2. The van der Waals surface area contributed by atoms with Crippen LogP contribution in [-0.2, 0) is 5.41 Å². The summed E-state index contributed by atoms with van der Waals surface area (Å²) in [6.45, 7) is 4.77. The van der Waals surface area contributed by atoms with E-state index in [4.69, 9.17) is 4.98 Å². The minimum absolute atomic E-state index is 0.181. The molecule has 0 amide bonds. The van der Waals surface area contributed by atoms with Crippen LogP contribution in [0.1, 0.15) is 25.0 Å². The summed E-state index contributed by atoms with van der Waals surface area (Å²) in [5, 5.41) is 6.33. The molecule has 1 aliphatic rings. The lowest BCUT2D eigenvalue weighted by Gasteiger charge is -2.24. The Morgan fingerprint density at radius 3 is 2.05 bits per heavy atom. The quantitative estimate of drug-likeness (QED) is 0.215. The maximum atomic E-state index is 5.37. The SMILES string of the molecule is CC1(C)c2ccccc2-c2c1c1c(c3ccccc23)c2ccccc2n1-c1cc(-c2ccccc2)c2ccccc2n1. The fourth-order valence-corrected chi connectivity index (χ4v) is 7.56. The van der Waals surface area contributed by atoms with E-state index in [0.717, 1.165) is 16.7 Å². The smallest absolute Gasteiger partial charge is 0.138 e. The first-order valence-electron chi connectivity index (χ1n) is 14.7. The van der Waals surface area contributed by atoms with E-state index in [2.05, 4.69) is 152 Å². The van der Waals surface area contributed by atoms with Gasteiger partial charge in [0.2, 0.25) is 0 Å². The van der Waals surface area contributed by atoms with E-state index >= 15 is 0 Å². The first-order chi connectivity index (χ1) is 20.6. The largest absolute Gasteiger partial charge is 0.293 e. The highest BCUT2D eigenvalue weighted by Crippen LogP contribution is 2.56. The minimum Gasteiger partial charge on any atom is -0.293 e. The van der Waals surface area contributed by atoms with Crippen LogP contribution in [0.15, 0.2) is 133 Å². The Hall–Kier alpha value is -5.21. The Morgan fingerprint density at radius 2 is 1.21 bits per heavy atom. The van der Waals surface area contributed by atoms with Crippen LogP contribution >= 0.6 is 0 Å². The molecule has 198 valence electrons. The molecule has 0 spiro atoms. The van der Waals surface area contributed by atoms with Crippen LogP contribution in [0.3, 0.4) is 0 Å². The number of nitrogens with zero attached hydrogens (tertiary/aromatic N) is 2. The zero-order valence-electron chi connectivity index (χ0n) is 23.6. The van der Waals surface area contributed by atoms with Crippen molar-refractivity contribution in [2.24, 2.45) is 0 Å². The third-order valence-electron chi connectivity index (χ3n) is 9.34. The van der Waals surface area contributed by atoms with Gasteiger partial charge in [0.1, 0.15) is 5.82 Å². The van der Waals surface area contributed by atoms with E-state index in [-0.39, 0.29) is 5.41 Å². The molecule has 0 saturated heterocycles. The molecule has 0 fully saturated rings. The molecular weight excluding hydrogens is 508 g/mol. The number of hydrogen-bond donors (Lipinski definition) is 0. The fourth-order valence-electron chi connectivity index (χ4n) is 7.56. The number of benzene rings is 6. The zero-order valence-corrected chi connectivity index (χ0v) is 23.6. The van der Waals surface area contributed by atoms with Crippen molar-refractivity contribution in [3.63, 3.8) is 0 Å². The third kappa shape index (κ3) is 3.01. The van der Waals surface area contributed by atoms with Gasteiger partial charge in [0, 0.05) is 21.6 Å². The van der Waals surface area contributed by atoms with E-state index in [1.54, 1.807) is 0 Å². The number of hydrogen-bond acceptors (Lipinski definition) is 1. The molecule has 2 heterocycles. The summed E-state index contributed by atoms with van der Waals surface area (Å²) >= 11 is 0. The summed E-state index contributed by atoms with van der Waals surface area (Å²) in [5.41, 5.74) is 11.1. The van der Waals surface area contributed by atoms with E-state index < -0.39 is 0 Å². The predicted molar refractivity (Wildman–Crippen MR) is 177 cm³/mol. The highest BCUT2D eigenvalue weighted by atomic mass is 15.1. The summed E-state index contributed by atoms with van der Waals surface area (Å²) in [6, 6.07) is 48.3. The van der Waals surface area contributed by atoms with Gasteiger partial charge in [0.05, 0.1) is 16.6 Å². The molecule has 6 aromatic carbocycles. The average molecular weight is 537 g/mol. The average Bonchev–Trinajstić information content (AvgIpc) is 3.50. The van der Waals surface area contributed by atoms with Gasteiger partial charge in [0.15, 0.2) is 0 Å². The summed E-state index contributed by atoms with van der Waals surface area (Å²) in [7, 11) is 0. The molecule has 0 saturated carbocycles. The highest BCUT2D eigenvalue weighted by Gasteiger charge is 2.40. The molecule has 1 aliphatic carbocycles. The maximum absolute atomic E-state index is 5.37. The molecule has 2 heteroatoms. The number of rotatable bonds is 2. The molecule has 0 unspecified atom stereocenters. The second-order valence-electron chi connectivity index (χ2n) is 12.0. The second kappa shape index (κ2) is 8.41. The van der Waals surface area contributed by atoms with Gasteiger partial charge in [-0.3, -0.25) is 4.57 Å².